The molecule has 1 aliphatic rings. The Morgan fingerprint density at radius 1 is 1.31 bits per heavy atom. The van der Waals surface area contributed by atoms with Crippen molar-refractivity contribution in [3.8, 4) is 0 Å². The predicted octanol–water partition coefficient (Wildman–Crippen LogP) is 2.32. The third kappa shape index (κ3) is 2.79. The van der Waals surface area contributed by atoms with Crippen LogP contribution in [0.3, 0.4) is 0 Å². The normalized spacial score (nSPS) is 27.7. The number of carbonyl (C=O) groups is 1. The van der Waals surface area contributed by atoms with E-state index in [0.717, 1.165) is 0 Å². The van der Waals surface area contributed by atoms with Crippen LogP contribution in [0.2, 0.25) is 0 Å². The Morgan fingerprint density at radius 3 is 2.19 bits per heavy atom. The number of hydrogen-bond acceptors (Lipinski definition) is 4. The van der Waals surface area contributed by atoms with Gasteiger partial charge in [-0.2, -0.15) is 0 Å². The van der Waals surface area contributed by atoms with Gasteiger partial charge in [-0.1, -0.05) is 10.2 Å². The van der Waals surface area contributed by atoms with E-state index in [2.05, 4.69) is 20.1 Å². The lowest BCUT2D eigenvalue weighted by atomic mass is 10.1. The summed E-state index contributed by atoms with van der Waals surface area (Å²) in [5.41, 5.74) is 16.7. The van der Waals surface area contributed by atoms with Gasteiger partial charge in [0.1, 0.15) is 0 Å². The summed E-state index contributed by atoms with van der Waals surface area (Å²) < 4.78 is 4.87. The fraction of sp³-hybridized carbons (Fsp3) is 0.875. The molecular weight excluding hydrogens is 212 g/mol. The highest BCUT2D eigenvalue weighted by molar-refractivity contribution is 5.73. The number of nitrogens with zero attached hydrogens (tertiary/aromatic N) is 6. The second-order valence-corrected chi connectivity index (χ2v) is 3.46. The van der Waals surface area contributed by atoms with Crippen molar-refractivity contribution < 1.29 is 9.53 Å². The Labute approximate surface area is 91.8 Å². The van der Waals surface area contributed by atoms with E-state index >= 15 is 0 Å². The summed E-state index contributed by atoms with van der Waals surface area (Å²) in [6, 6.07) is -0.898. The molecule has 0 heterocycles. The van der Waals surface area contributed by atoms with Gasteiger partial charge in [-0.3, -0.25) is 4.79 Å². The molecule has 0 spiro atoms. The fourth-order valence-corrected chi connectivity index (χ4v) is 1.83. The molecule has 0 bridgehead atoms. The third-order valence-electron chi connectivity index (χ3n) is 2.52. The molecule has 0 radical (unpaired) electrons. The molecule has 1 fully saturated rings. The molecule has 0 aromatic rings. The molecule has 16 heavy (non-hydrogen) atoms. The van der Waals surface area contributed by atoms with E-state index in [-0.39, 0.29) is 11.9 Å². The van der Waals surface area contributed by atoms with Crippen molar-refractivity contribution in [1.82, 2.24) is 0 Å². The Morgan fingerprint density at radius 2 is 1.81 bits per heavy atom. The molecule has 0 saturated heterocycles. The topological polar surface area (TPSA) is 124 Å². The van der Waals surface area contributed by atoms with Crippen molar-refractivity contribution >= 4 is 5.97 Å². The molecule has 0 aliphatic heterocycles. The molecule has 2 atom stereocenters. The second kappa shape index (κ2) is 5.85. The molecule has 0 aromatic heterocycles. The lowest BCUT2D eigenvalue weighted by Gasteiger charge is -2.07. The first-order valence-corrected chi connectivity index (χ1v) is 4.98. The van der Waals surface area contributed by atoms with Gasteiger partial charge in [0.25, 0.3) is 0 Å². The van der Waals surface area contributed by atoms with E-state index in [4.69, 9.17) is 15.8 Å². The molecule has 1 saturated carbocycles. The zero-order valence-electron chi connectivity index (χ0n) is 8.85. The van der Waals surface area contributed by atoms with E-state index in [0.29, 0.717) is 19.4 Å². The van der Waals surface area contributed by atoms with Gasteiger partial charge in [-0.25, -0.2) is 0 Å². The Hall–Kier alpha value is -1.91. The minimum absolute atomic E-state index is 0.313. The quantitative estimate of drug-likeness (QED) is 0.314. The van der Waals surface area contributed by atoms with Gasteiger partial charge in [-0.15, -0.1) is 0 Å². The third-order valence-corrected chi connectivity index (χ3v) is 2.52. The van der Waals surface area contributed by atoms with Crippen LogP contribution in [-0.2, 0) is 9.53 Å². The minimum Gasteiger partial charge on any atom is -0.466 e. The fourth-order valence-electron chi connectivity index (χ4n) is 1.83. The van der Waals surface area contributed by atoms with Crippen molar-refractivity contribution in [2.75, 3.05) is 6.61 Å². The smallest absolute Gasteiger partial charge is 0.308 e. The van der Waals surface area contributed by atoms with E-state index in [1.54, 1.807) is 6.92 Å². The molecule has 0 aromatic carbocycles. The lowest BCUT2D eigenvalue weighted by molar-refractivity contribution is -0.147. The predicted molar refractivity (Wildman–Crippen MR) is 55.2 cm³/mol. The highest BCUT2D eigenvalue weighted by Gasteiger charge is 2.37. The van der Waals surface area contributed by atoms with Crippen LogP contribution in [0.15, 0.2) is 10.2 Å². The Balaban J connectivity index is 2.71. The van der Waals surface area contributed by atoms with Crippen LogP contribution in [0.5, 0.6) is 0 Å². The van der Waals surface area contributed by atoms with Gasteiger partial charge in [-0.05, 0) is 30.8 Å². The van der Waals surface area contributed by atoms with E-state index in [9.17, 15) is 4.79 Å². The molecule has 0 N–H and O–H groups in total. The van der Waals surface area contributed by atoms with Crippen molar-refractivity contribution in [3.05, 3.63) is 20.9 Å². The molecule has 8 nitrogen and oxygen atoms in total. The van der Waals surface area contributed by atoms with E-state index < -0.39 is 12.1 Å². The van der Waals surface area contributed by atoms with Crippen molar-refractivity contribution in [1.29, 1.82) is 0 Å². The lowest BCUT2D eigenvalue weighted by Crippen LogP contribution is -2.15. The number of esters is 1. The molecule has 0 unspecified atom stereocenters. The van der Waals surface area contributed by atoms with Gasteiger partial charge < -0.3 is 4.74 Å². The summed E-state index contributed by atoms with van der Waals surface area (Å²) in [6.07, 6.45) is 0.763. The van der Waals surface area contributed by atoms with E-state index in [1.807, 2.05) is 0 Å². The first-order valence-electron chi connectivity index (χ1n) is 4.98. The summed E-state index contributed by atoms with van der Waals surface area (Å²) in [4.78, 5) is 16.8. The maximum absolute atomic E-state index is 11.5. The van der Waals surface area contributed by atoms with Crippen molar-refractivity contribution in [2.45, 2.75) is 31.8 Å². The standard InChI is InChI=1S/C8H12N6O2/c1-2-16-8(15)5-3-6(11-13-9)7(4-5)12-14-10/h5-7H,2-4H2,1H3/t6-,7-/m0/s1. The summed E-state index contributed by atoms with van der Waals surface area (Å²) in [5.74, 6) is -0.665. The highest BCUT2D eigenvalue weighted by atomic mass is 16.5. The van der Waals surface area contributed by atoms with Crippen molar-refractivity contribution in [2.24, 2.45) is 16.1 Å². The van der Waals surface area contributed by atoms with Gasteiger partial charge in [0, 0.05) is 21.9 Å². The zero-order valence-corrected chi connectivity index (χ0v) is 8.85. The maximum Gasteiger partial charge on any atom is 0.308 e. The van der Waals surface area contributed by atoms with Crippen LogP contribution < -0.4 is 0 Å². The second-order valence-electron chi connectivity index (χ2n) is 3.46. The van der Waals surface area contributed by atoms with Gasteiger partial charge in [0.05, 0.1) is 12.5 Å². The van der Waals surface area contributed by atoms with Crippen LogP contribution in [0.25, 0.3) is 20.9 Å². The molecule has 1 aliphatic carbocycles. The first-order chi connectivity index (χ1) is 7.72. The zero-order chi connectivity index (χ0) is 12.0. The van der Waals surface area contributed by atoms with Crippen LogP contribution in [0.4, 0.5) is 0 Å². The number of ether oxygens (including phenoxy) is 1. The van der Waals surface area contributed by atoms with Crippen LogP contribution in [-0.4, -0.2) is 24.7 Å². The average molecular weight is 224 g/mol. The average Bonchev–Trinajstić information content (AvgIpc) is 2.64. The van der Waals surface area contributed by atoms with Gasteiger partial charge >= 0.3 is 5.97 Å². The number of rotatable bonds is 4. The van der Waals surface area contributed by atoms with E-state index in [1.165, 1.54) is 0 Å². The number of carbonyl (C=O) groups excluding carboxylic acids is 1. The summed E-state index contributed by atoms with van der Waals surface area (Å²) in [6.45, 7) is 2.04. The van der Waals surface area contributed by atoms with Crippen LogP contribution >= 0.6 is 0 Å². The molecular formula is C8H12N6O2. The molecule has 0 amide bonds. The van der Waals surface area contributed by atoms with Crippen LogP contribution in [0.1, 0.15) is 19.8 Å². The maximum atomic E-state index is 11.5. The van der Waals surface area contributed by atoms with Gasteiger partial charge in [0.15, 0.2) is 0 Å². The van der Waals surface area contributed by atoms with Crippen LogP contribution in [0, 0.1) is 5.92 Å². The summed E-state index contributed by atoms with van der Waals surface area (Å²) >= 11 is 0. The Kier molecular flexibility index (Phi) is 4.44. The first kappa shape index (κ1) is 12.2. The highest BCUT2D eigenvalue weighted by Crippen LogP contribution is 2.31. The molecule has 1 rings (SSSR count). The summed E-state index contributed by atoms with van der Waals surface area (Å²) in [5, 5.41) is 7.05. The molecule has 86 valence electrons. The van der Waals surface area contributed by atoms with Gasteiger partial charge in [0.2, 0.25) is 0 Å². The largest absolute Gasteiger partial charge is 0.466 e. The minimum atomic E-state index is -0.449. The SMILES string of the molecule is CCOC(=O)C1C[C@H](N=[N+]=[N-])[C@@H](N=[N+]=[N-])C1. The van der Waals surface area contributed by atoms with Crippen molar-refractivity contribution in [3.63, 3.8) is 0 Å². The monoisotopic (exact) mass is 224 g/mol. The number of azide groups is 2. The number of hydrogen-bond donors (Lipinski definition) is 0. The Bertz CT molecular complexity index is 332. The molecule has 8 heteroatoms. The summed E-state index contributed by atoms with van der Waals surface area (Å²) in [7, 11) is 0.